The number of hydrogen-bond acceptors (Lipinski definition) is 4. The number of thiazole rings is 1. The van der Waals surface area contributed by atoms with E-state index in [-0.39, 0.29) is 0 Å². The van der Waals surface area contributed by atoms with Crippen LogP contribution in [0.1, 0.15) is 23.0 Å². The zero-order valence-electron chi connectivity index (χ0n) is 8.30. The molecule has 0 aromatic carbocycles. The van der Waals surface area contributed by atoms with Crippen molar-refractivity contribution in [3.8, 4) is 10.7 Å². The Morgan fingerprint density at radius 2 is 2.40 bits per heavy atom. The maximum absolute atomic E-state index is 10.5. The summed E-state index contributed by atoms with van der Waals surface area (Å²) in [6.45, 7) is 2.10. The zero-order chi connectivity index (χ0) is 10.7. The van der Waals surface area contributed by atoms with Crippen molar-refractivity contribution in [1.82, 2.24) is 9.97 Å². The molecule has 2 rings (SSSR count). The lowest BCUT2D eigenvalue weighted by atomic mass is 10.2. The van der Waals surface area contributed by atoms with Gasteiger partial charge in [0, 0.05) is 11.6 Å². The number of pyridine rings is 1. The van der Waals surface area contributed by atoms with Gasteiger partial charge in [-0.3, -0.25) is 9.78 Å². The van der Waals surface area contributed by atoms with Gasteiger partial charge in [0.15, 0.2) is 6.29 Å². The van der Waals surface area contributed by atoms with Crippen molar-refractivity contribution in [3.05, 3.63) is 35.0 Å². The molecule has 76 valence electrons. The summed E-state index contributed by atoms with van der Waals surface area (Å²) in [5.74, 6) is 0. The molecule has 0 amide bonds. The number of carbonyl (C=O) groups excluding carboxylic acids is 1. The summed E-state index contributed by atoms with van der Waals surface area (Å²) in [4.78, 5) is 18.9. The van der Waals surface area contributed by atoms with E-state index in [1.165, 1.54) is 16.9 Å². The third-order valence-electron chi connectivity index (χ3n) is 2.09. The molecule has 0 aliphatic carbocycles. The number of aromatic nitrogens is 2. The van der Waals surface area contributed by atoms with Crippen LogP contribution in [0.25, 0.3) is 10.7 Å². The van der Waals surface area contributed by atoms with Gasteiger partial charge < -0.3 is 0 Å². The average molecular weight is 218 g/mol. The lowest BCUT2D eigenvalue weighted by Gasteiger charge is -1.98. The normalized spacial score (nSPS) is 10.2. The molecule has 0 atom stereocenters. The fourth-order valence-corrected chi connectivity index (χ4v) is 2.00. The quantitative estimate of drug-likeness (QED) is 0.744. The van der Waals surface area contributed by atoms with Crippen molar-refractivity contribution in [2.75, 3.05) is 0 Å². The average Bonchev–Trinajstić information content (AvgIpc) is 2.78. The Hall–Kier alpha value is -1.55. The van der Waals surface area contributed by atoms with Crippen LogP contribution in [0.3, 0.4) is 0 Å². The van der Waals surface area contributed by atoms with Crippen LogP contribution >= 0.6 is 11.3 Å². The predicted octanol–water partition coefficient (Wildman–Crippen LogP) is 2.58. The minimum Gasteiger partial charge on any atom is -0.296 e. The molecule has 0 saturated carbocycles. The van der Waals surface area contributed by atoms with Gasteiger partial charge in [0.05, 0.1) is 5.69 Å². The Morgan fingerprint density at radius 1 is 1.53 bits per heavy atom. The van der Waals surface area contributed by atoms with Crippen LogP contribution < -0.4 is 0 Å². The van der Waals surface area contributed by atoms with Crippen molar-refractivity contribution < 1.29 is 4.79 Å². The molecule has 15 heavy (non-hydrogen) atoms. The molecule has 0 fully saturated rings. The molecule has 0 unspecified atom stereocenters. The number of aryl methyl sites for hydroxylation is 1. The van der Waals surface area contributed by atoms with Gasteiger partial charge in [-0.05, 0) is 24.1 Å². The highest BCUT2D eigenvalue weighted by Crippen LogP contribution is 2.21. The molecule has 2 heterocycles. The van der Waals surface area contributed by atoms with Crippen LogP contribution in [-0.4, -0.2) is 16.3 Å². The fraction of sp³-hybridized carbons (Fsp3) is 0.182. The minimum atomic E-state index is 0.471. The van der Waals surface area contributed by atoms with E-state index >= 15 is 0 Å². The fourth-order valence-electron chi connectivity index (χ4n) is 1.27. The van der Waals surface area contributed by atoms with Crippen molar-refractivity contribution >= 4 is 17.6 Å². The highest BCUT2D eigenvalue weighted by molar-refractivity contribution is 7.13. The van der Waals surface area contributed by atoms with Crippen molar-refractivity contribution in [2.24, 2.45) is 0 Å². The molecular formula is C11H10N2OS. The standard InChI is InChI=1S/C11H10N2OS/c1-2-8-3-4-12-10(5-8)11-13-9(6-14)7-15-11/h3-7H,2H2,1H3. The topological polar surface area (TPSA) is 42.9 Å². The lowest BCUT2D eigenvalue weighted by molar-refractivity contribution is 0.111. The van der Waals surface area contributed by atoms with Gasteiger partial charge >= 0.3 is 0 Å². The zero-order valence-corrected chi connectivity index (χ0v) is 9.12. The first-order valence-corrected chi connectivity index (χ1v) is 5.57. The number of rotatable bonds is 3. The number of aldehydes is 1. The third-order valence-corrected chi connectivity index (χ3v) is 2.98. The van der Waals surface area contributed by atoms with Crippen LogP contribution in [0.4, 0.5) is 0 Å². The van der Waals surface area contributed by atoms with Gasteiger partial charge in [0.25, 0.3) is 0 Å². The molecule has 0 saturated heterocycles. The minimum absolute atomic E-state index is 0.471. The van der Waals surface area contributed by atoms with Crippen LogP contribution in [0.5, 0.6) is 0 Å². The molecule has 2 aromatic rings. The van der Waals surface area contributed by atoms with E-state index < -0.39 is 0 Å². The highest BCUT2D eigenvalue weighted by Gasteiger charge is 2.05. The van der Waals surface area contributed by atoms with E-state index in [9.17, 15) is 4.79 Å². The summed E-state index contributed by atoms with van der Waals surface area (Å²) in [5, 5.41) is 2.54. The van der Waals surface area contributed by atoms with Crippen LogP contribution in [0.2, 0.25) is 0 Å². The lowest BCUT2D eigenvalue weighted by Crippen LogP contribution is -1.87. The molecule has 4 heteroatoms. The Kier molecular flexibility index (Phi) is 2.87. The summed E-state index contributed by atoms with van der Waals surface area (Å²) < 4.78 is 0. The summed E-state index contributed by atoms with van der Waals surface area (Å²) in [6.07, 6.45) is 3.50. The second-order valence-corrected chi connectivity index (χ2v) is 3.96. The number of nitrogens with zero attached hydrogens (tertiary/aromatic N) is 2. The van der Waals surface area contributed by atoms with Crippen LogP contribution in [0, 0.1) is 0 Å². The molecule has 2 aromatic heterocycles. The molecule has 0 N–H and O–H groups in total. The molecule has 0 aliphatic heterocycles. The number of carbonyl (C=O) groups is 1. The second kappa shape index (κ2) is 4.31. The first kappa shape index (κ1) is 9.98. The van der Waals surface area contributed by atoms with Gasteiger partial charge in [-0.2, -0.15) is 0 Å². The van der Waals surface area contributed by atoms with E-state index in [4.69, 9.17) is 0 Å². The second-order valence-electron chi connectivity index (χ2n) is 3.10. The van der Waals surface area contributed by atoms with E-state index in [1.54, 1.807) is 11.6 Å². The Balaban J connectivity index is 2.39. The van der Waals surface area contributed by atoms with Crippen molar-refractivity contribution in [1.29, 1.82) is 0 Å². The molecule has 0 radical (unpaired) electrons. The largest absolute Gasteiger partial charge is 0.296 e. The van der Waals surface area contributed by atoms with Gasteiger partial charge in [-0.1, -0.05) is 6.92 Å². The highest BCUT2D eigenvalue weighted by atomic mass is 32.1. The monoisotopic (exact) mass is 218 g/mol. The smallest absolute Gasteiger partial charge is 0.169 e. The molecular weight excluding hydrogens is 208 g/mol. The summed E-state index contributed by atoms with van der Waals surface area (Å²) >= 11 is 1.44. The van der Waals surface area contributed by atoms with Crippen molar-refractivity contribution in [2.45, 2.75) is 13.3 Å². The predicted molar refractivity (Wildman–Crippen MR) is 60.1 cm³/mol. The van der Waals surface area contributed by atoms with E-state index in [0.717, 1.165) is 23.4 Å². The van der Waals surface area contributed by atoms with Gasteiger partial charge in [0.2, 0.25) is 0 Å². The first-order valence-electron chi connectivity index (χ1n) is 4.69. The van der Waals surface area contributed by atoms with Crippen LogP contribution in [0.15, 0.2) is 23.7 Å². The van der Waals surface area contributed by atoms with Crippen molar-refractivity contribution in [3.63, 3.8) is 0 Å². The van der Waals surface area contributed by atoms with Crippen LogP contribution in [-0.2, 0) is 6.42 Å². The van der Waals surface area contributed by atoms with E-state index in [0.29, 0.717) is 5.69 Å². The third kappa shape index (κ3) is 2.10. The SMILES string of the molecule is CCc1ccnc(-c2nc(C=O)cs2)c1. The first-order chi connectivity index (χ1) is 7.33. The van der Waals surface area contributed by atoms with Gasteiger partial charge in [0.1, 0.15) is 10.7 Å². The molecule has 0 aliphatic rings. The van der Waals surface area contributed by atoms with Gasteiger partial charge in [-0.15, -0.1) is 11.3 Å². The summed E-state index contributed by atoms with van der Waals surface area (Å²) in [7, 11) is 0. The molecule has 3 nitrogen and oxygen atoms in total. The Bertz CT molecular complexity index is 479. The van der Waals surface area contributed by atoms with E-state index in [1.807, 2.05) is 12.1 Å². The Morgan fingerprint density at radius 3 is 3.07 bits per heavy atom. The molecule has 0 spiro atoms. The summed E-state index contributed by atoms with van der Waals surface area (Å²) in [5.41, 5.74) is 2.54. The number of hydrogen-bond donors (Lipinski definition) is 0. The summed E-state index contributed by atoms with van der Waals surface area (Å²) in [6, 6.07) is 3.99. The van der Waals surface area contributed by atoms with Gasteiger partial charge in [-0.25, -0.2) is 4.98 Å². The van der Waals surface area contributed by atoms with E-state index in [2.05, 4.69) is 16.9 Å². The Labute approximate surface area is 91.8 Å². The molecule has 0 bridgehead atoms. The maximum Gasteiger partial charge on any atom is 0.169 e. The maximum atomic E-state index is 10.5.